The van der Waals surface area contributed by atoms with Crippen LogP contribution in [0, 0.1) is 0 Å². The molecule has 0 spiro atoms. The van der Waals surface area contributed by atoms with Crippen molar-refractivity contribution in [1.29, 1.82) is 0 Å². The van der Waals surface area contributed by atoms with Crippen LogP contribution < -0.4 is 15.2 Å². The van der Waals surface area contributed by atoms with Crippen LogP contribution in [-0.4, -0.2) is 31.1 Å². The number of likely N-dealkylation sites (N-methyl/N-ethyl adjacent to an activating group) is 1. The highest BCUT2D eigenvalue weighted by molar-refractivity contribution is 6.30. The smallest absolute Gasteiger partial charge is 0.244 e. The van der Waals surface area contributed by atoms with E-state index in [0.717, 1.165) is 11.3 Å². The second-order valence-electron chi connectivity index (χ2n) is 5.70. The fraction of sp³-hybridized carbons (Fsp3) is 0.278. The molecule has 1 atom stereocenters. The number of nitrogens with two attached hydrogens (primary N) is 1. The number of benzene rings is 2. The van der Waals surface area contributed by atoms with Gasteiger partial charge in [-0.05, 0) is 35.4 Å². The number of carbonyl (C=O) groups is 1. The lowest BCUT2D eigenvalue weighted by atomic mass is 10.1. The summed E-state index contributed by atoms with van der Waals surface area (Å²) in [5.41, 5.74) is 7.73. The van der Waals surface area contributed by atoms with E-state index < -0.39 is 6.04 Å². The van der Waals surface area contributed by atoms with E-state index in [2.05, 4.69) is 0 Å². The quantitative estimate of drug-likeness (QED) is 0.924. The van der Waals surface area contributed by atoms with Crippen molar-refractivity contribution in [3.63, 3.8) is 0 Å². The van der Waals surface area contributed by atoms with Crippen LogP contribution in [0.15, 0.2) is 42.5 Å². The van der Waals surface area contributed by atoms with Crippen LogP contribution in [0.25, 0.3) is 0 Å². The zero-order valence-corrected chi connectivity index (χ0v) is 14.1. The van der Waals surface area contributed by atoms with Gasteiger partial charge in [0.15, 0.2) is 11.5 Å². The number of fused-ring (bicyclic) bond motifs is 1. The number of hydrogen-bond acceptors (Lipinski definition) is 4. The number of rotatable bonds is 4. The highest BCUT2D eigenvalue weighted by atomic mass is 35.5. The Bertz CT molecular complexity index is 751. The molecule has 3 rings (SSSR count). The van der Waals surface area contributed by atoms with Gasteiger partial charge in [-0.2, -0.15) is 0 Å². The third kappa shape index (κ3) is 3.63. The molecule has 1 aliphatic heterocycles. The minimum Gasteiger partial charge on any atom is -0.486 e. The summed E-state index contributed by atoms with van der Waals surface area (Å²) in [6.07, 6.45) is 0. The zero-order valence-electron chi connectivity index (χ0n) is 13.4. The Balaban J connectivity index is 1.70. The maximum Gasteiger partial charge on any atom is 0.244 e. The van der Waals surface area contributed by atoms with Gasteiger partial charge in [0, 0.05) is 18.6 Å². The number of amides is 1. The van der Waals surface area contributed by atoms with E-state index in [4.69, 9.17) is 26.8 Å². The van der Waals surface area contributed by atoms with Gasteiger partial charge < -0.3 is 20.1 Å². The number of halogens is 1. The summed E-state index contributed by atoms with van der Waals surface area (Å²) < 4.78 is 11.1. The predicted octanol–water partition coefficient (Wildman–Crippen LogP) is 2.77. The molecule has 0 aliphatic carbocycles. The van der Waals surface area contributed by atoms with Crippen LogP contribution in [0.5, 0.6) is 11.5 Å². The van der Waals surface area contributed by atoms with Crippen LogP contribution in [0.1, 0.15) is 17.2 Å². The standard InChI is InChI=1S/C18H19ClN2O3/c1-21(18(22)17(20)13-3-2-4-14(19)10-13)11-12-5-6-15-16(9-12)24-8-7-23-15/h2-6,9-10,17H,7-8,11,20H2,1H3. The van der Waals surface area contributed by atoms with E-state index in [9.17, 15) is 4.79 Å². The fourth-order valence-electron chi connectivity index (χ4n) is 2.62. The van der Waals surface area contributed by atoms with Gasteiger partial charge in [0.25, 0.3) is 0 Å². The van der Waals surface area contributed by atoms with Crippen molar-refractivity contribution in [2.75, 3.05) is 20.3 Å². The van der Waals surface area contributed by atoms with Gasteiger partial charge in [-0.25, -0.2) is 0 Å². The van der Waals surface area contributed by atoms with Gasteiger partial charge in [-0.1, -0.05) is 29.8 Å². The molecule has 1 aliphatic rings. The van der Waals surface area contributed by atoms with E-state index in [-0.39, 0.29) is 5.91 Å². The molecule has 0 bridgehead atoms. The van der Waals surface area contributed by atoms with E-state index in [1.165, 1.54) is 0 Å². The number of ether oxygens (including phenoxy) is 2. The second-order valence-corrected chi connectivity index (χ2v) is 6.14. The third-order valence-electron chi connectivity index (χ3n) is 3.88. The lowest BCUT2D eigenvalue weighted by Crippen LogP contribution is -2.35. The molecule has 0 saturated heterocycles. The monoisotopic (exact) mass is 346 g/mol. The highest BCUT2D eigenvalue weighted by Gasteiger charge is 2.21. The Hall–Kier alpha value is -2.24. The Kier molecular flexibility index (Phi) is 4.92. The Morgan fingerprint density at radius 2 is 1.96 bits per heavy atom. The molecule has 0 radical (unpaired) electrons. The van der Waals surface area contributed by atoms with Crippen molar-refractivity contribution in [2.24, 2.45) is 5.73 Å². The van der Waals surface area contributed by atoms with Gasteiger partial charge in [0.2, 0.25) is 5.91 Å². The average Bonchev–Trinajstić information content (AvgIpc) is 2.60. The first-order chi connectivity index (χ1) is 11.5. The molecule has 1 unspecified atom stereocenters. The fourth-order valence-corrected chi connectivity index (χ4v) is 2.82. The van der Waals surface area contributed by atoms with Crippen LogP contribution in [0.2, 0.25) is 5.02 Å². The van der Waals surface area contributed by atoms with Crippen LogP contribution >= 0.6 is 11.6 Å². The first-order valence-electron chi connectivity index (χ1n) is 7.69. The normalized spacial score (nSPS) is 14.1. The minimum absolute atomic E-state index is 0.174. The summed E-state index contributed by atoms with van der Waals surface area (Å²) in [7, 11) is 1.73. The van der Waals surface area contributed by atoms with E-state index in [1.54, 1.807) is 36.2 Å². The molecule has 5 nitrogen and oxygen atoms in total. The van der Waals surface area contributed by atoms with E-state index in [1.807, 2.05) is 18.2 Å². The first kappa shape index (κ1) is 16.6. The summed E-state index contributed by atoms with van der Waals surface area (Å²) in [6, 6.07) is 12.0. The molecule has 2 aromatic carbocycles. The average molecular weight is 347 g/mol. The van der Waals surface area contributed by atoms with Crippen molar-refractivity contribution in [2.45, 2.75) is 12.6 Å². The van der Waals surface area contributed by atoms with Crippen molar-refractivity contribution >= 4 is 17.5 Å². The van der Waals surface area contributed by atoms with Gasteiger partial charge >= 0.3 is 0 Å². The zero-order chi connectivity index (χ0) is 17.1. The summed E-state index contributed by atoms with van der Waals surface area (Å²) in [6.45, 7) is 1.52. The first-order valence-corrected chi connectivity index (χ1v) is 8.07. The van der Waals surface area contributed by atoms with Crippen LogP contribution in [0.3, 0.4) is 0 Å². The topological polar surface area (TPSA) is 64.8 Å². The van der Waals surface area contributed by atoms with Crippen molar-refractivity contribution < 1.29 is 14.3 Å². The van der Waals surface area contributed by atoms with Gasteiger partial charge in [-0.15, -0.1) is 0 Å². The summed E-state index contributed by atoms with van der Waals surface area (Å²) in [5, 5.41) is 0.560. The number of nitrogens with zero attached hydrogens (tertiary/aromatic N) is 1. The Morgan fingerprint density at radius 1 is 1.21 bits per heavy atom. The number of hydrogen-bond donors (Lipinski definition) is 1. The largest absolute Gasteiger partial charge is 0.486 e. The molecule has 126 valence electrons. The lowest BCUT2D eigenvalue weighted by molar-refractivity contribution is -0.131. The van der Waals surface area contributed by atoms with Gasteiger partial charge in [-0.3, -0.25) is 4.79 Å². The molecular weight excluding hydrogens is 328 g/mol. The molecule has 1 amide bonds. The highest BCUT2D eigenvalue weighted by Crippen LogP contribution is 2.31. The molecular formula is C18H19ClN2O3. The summed E-state index contributed by atoms with van der Waals surface area (Å²) in [5.74, 6) is 1.26. The van der Waals surface area contributed by atoms with Crippen molar-refractivity contribution in [3.8, 4) is 11.5 Å². The van der Waals surface area contributed by atoms with Crippen LogP contribution in [-0.2, 0) is 11.3 Å². The maximum absolute atomic E-state index is 12.5. The van der Waals surface area contributed by atoms with Crippen LogP contribution in [0.4, 0.5) is 0 Å². The van der Waals surface area contributed by atoms with Gasteiger partial charge in [0.1, 0.15) is 19.3 Å². The maximum atomic E-state index is 12.5. The molecule has 24 heavy (non-hydrogen) atoms. The Labute approximate surface area is 145 Å². The predicted molar refractivity (Wildman–Crippen MR) is 92.3 cm³/mol. The third-order valence-corrected chi connectivity index (χ3v) is 4.11. The summed E-state index contributed by atoms with van der Waals surface area (Å²) >= 11 is 5.96. The summed E-state index contributed by atoms with van der Waals surface area (Å²) in [4.78, 5) is 14.1. The Morgan fingerprint density at radius 3 is 2.71 bits per heavy atom. The van der Waals surface area contributed by atoms with Crippen molar-refractivity contribution in [3.05, 3.63) is 58.6 Å². The number of carbonyl (C=O) groups excluding carboxylic acids is 1. The molecule has 0 fully saturated rings. The second kappa shape index (κ2) is 7.11. The molecule has 6 heteroatoms. The van der Waals surface area contributed by atoms with Crippen molar-refractivity contribution in [1.82, 2.24) is 4.90 Å². The molecule has 2 aromatic rings. The molecule has 1 heterocycles. The van der Waals surface area contributed by atoms with E-state index >= 15 is 0 Å². The molecule has 2 N–H and O–H groups in total. The minimum atomic E-state index is -0.745. The molecule has 0 aromatic heterocycles. The van der Waals surface area contributed by atoms with Gasteiger partial charge in [0.05, 0.1) is 0 Å². The SMILES string of the molecule is CN(Cc1ccc2c(c1)OCCO2)C(=O)C(N)c1cccc(Cl)c1. The van der Waals surface area contributed by atoms with E-state index in [0.29, 0.717) is 36.1 Å². The molecule has 0 saturated carbocycles. The lowest BCUT2D eigenvalue weighted by Gasteiger charge is -2.23.